The van der Waals surface area contributed by atoms with E-state index in [9.17, 15) is 13.6 Å². The number of hydrogen-bond donors (Lipinski definition) is 3. The van der Waals surface area contributed by atoms with Crippen molar-refractivity contribution in [3.05, 3.63) is 64.9 Å². The Kier molecular flexibility index (Phi) is 3.50. The highest BCUT2D eigenvalue weighted by atomic mass is 19.1. The number of rotatable bonds is 3. The first-order valence-electron chi connectivity index (χ1n) is 7.52. The molecule has 2 aromatic heterocycles. The van der Waals surface area contributed by atoms with Crippen LogP contribution in [0.15, 0.2) is 47.7 Å². The van der Waals surface area contributed by atoms with Gasteiger partial charge < -0.3 is 15.3 Å². The van der Waals surface area contributed by atoms with E-state index in [-0.39, 0.29) is 28.9 Å². The Morgan fingerprint density at radius 2 is 2.04 bits per heavy atom. The van der Waals surface area contributed by atoms with Gasteiger partial charge in [0.25, 0.3) is 5.56 Å². The van der Waals surface area contributed by atoms with Gasteiger partial charge in [0, 0.05) is 25.6 Å². The highest BCUT2D eigenvalue weighted by Gasteiger charge is 2.22. The Bertz CT molecular complexity index is 1020. The zero-order valence-corrected chi connectivity index (χ0v) is 13.1. The minimum Gasteiger partial charge on any atom is -0.348 e. The van der Waals surface area contributed by atoms with Crippen molar-refractivity contribution in [3.63, 3.8) is 0 Å². The van der Waals surface area contributed by atoms with E-state index in [0.29, 0.717) is 0 Å². The van der Waals surface area contributed by atoms with Crippen molar-refractivity contribution >= 4 is 11.3 Å². The van der Waals surface area contributed by atoms with Crippen LogP contribution in [0.25, 0.3) is 16.9 Å². The van der Waals surface area contributed by atoms with Crippen molar-refractivity contribution in [2.45, 2.75) is 6.17 Å². The first-order valence-corrected chi connectivity index (χ1v) is 7.52. The molecule has 9 heteroatoms. The van der Waals surface area contributed by atoms with Crippen molar-refractivity contribution < 1.29 is 8.78 Å². The van der Waals surface area contributed by atoms with Crippen LogP contribution in [0, 0.1) is 11.6 Å². The molecule has 0 saturated heterocycles. The second-order valence-electron chi connectivity index (χ2n) is 5.59. The maximum atomic E-state index is 14.2. The lowest BCUT2D eigenvalue weighted by Crippen LogP contribution is -2.37. The molecule has 0 amide bonds. The second kappa shape index (κ2) is 5.71. The normalized spacial score (nSPS) is 16.8. The Morgan fingerprint density at radius 1 is 1.28 bits per heavy atom. The predicted octanol–water partition coefficient (Wildman–Crippen LogP) is 1.67. The van der Waals surface area contributed by atoms with E-state index in [1.807, 2.05) is 13.1 Å². The van der Waals surface area contributed by atoms with Crippen molar-refractivity contribution in [1.82, 2.24) is 24.8 Å². The maximum Gasteiger partial charge on any atom is 0.276 e. The zero-order chi connectivity index (χ0) is 17.6. The minimum absolute atomic E-state index is 0.00883. The van der Waals surface area contributed by atoms with Crippen molar-refractivity contribution in [1.29, 1.82) is 0 Å². The van der Waals surface area contributed by atoms with Gasteiger partial charge in [-0.15, -0.1) is 0 Å². The van der Waals surface area contributed by atoms with E-state index >= 15 is 0 Å². The zero-order valence-electron chi connectivity index (χ0n) is 13.1. The van der Waals surface area contributed by atoms with Crippen LogP contribution in [-0.2, 0) is 0 Å². The number of halogens is 2. The van der Waals surface area contributed by atoms with Crippen LogP contribution in [0.3, 0.4) is 0 Å². The van der Waals surface area contributed by atoms with Crippen LogP contribution in [0.2, 0.25) is 0 Å². The molecule has 3 N–H and O–H groups in total. The van der Waals surface area contributed by atoms with Gasteiger partial charge in [-0.1, -0.05) is 6.07 Å². The molecule has 1 aliphatic heterocycles. The predicted molar refractivity (Wildman–Crippen MR) is 88.6 cm³/mol. The number of nitrogens with zero attached hydrogens (tertiary/aromatic N) is 3. The average Bonchev–Trinajstić information content (AvgIpc) is 3.13. The average molecular weight is 344 g/mol. The van der Waals surface area contributed by atoms with Gasteiger partial charge in [0.2, 0.25) is 0 Å². The van der Waals surface area contributed by atoms with Crippen molar-refractivity contribution in [2.75, 3.05) is 12.4 Å². The number of aromatic nitrogens is 3. The van der Waals surface area contributed by atoms with Gasteiger partial charge in [-0.3, -0.25) is 9.20 Å². The lowest BCUT2D eigenvalue weighted by Gasteiger charge is -2.15. The van der Waals surface area contributed by atoms with Gasteiger partial charge in [-0.05, 0) is 18.2 Å². The van der Waals surface area contributed by atoms with Gasteiger partial charge in [-0.2, -0.15) is 0 Å². The van der Waals surface area contributed by atoms with Crippen molar-refractivity contribution in [2.24, 2.45) is 0 Å². The number of nitrogens with one attached hydrogen (secondary N) is 3. The molecule has 1 unspecified atom stereocenters. The molecule has 0 spiro atoms. The fourth-order valence-corrected chi connectivity index (χ4v) is 2.79. The molecule has 0 fully saturated rings. The van der Waals surface area contributed by atoms with E-state index in [1.54, 1.807) is 11.2 Å². The Balaban J connectivity index is 1.91. The summed E-state index contributed by atoms with van der Waals surface area (Å²) in [4.78, 5) is 19.1. The monoisotopic (exact) mass is 344 g/mol. The number of imidazole rings is 1. The van der Waals surface area contributed by atoms with Gasteiger partial charge in [0.15, 0.2) is 17.2 Å². The number of aromatic amines is 1. The maximum absolute atomic E-state index is 14.2. The summed E-state index contributed by atoms with van der Waals surface area (Å²) in [6.07, 6.45) is 6.22. The summed E-state index contributed by atoms with van der Waals surface area (Å²) in [5.41, 5.74) is 2.52. The molecule has 0 aliphatic carbocycles. The standard InChI is InChI=1S/C16H14F2N6O/c1-23-7-5-11(22-23)20-14-13-16(25)19-6-8-24(13)15(21-14)12-9(17)3-2-4-10(12)18/h2-8,11,20,22H,1H3,(H,19,25). The number of hydrogen-bond acceptors (Lipinski definition) is 5. The minimum atomic E-state index is -0.752. The van der Waals surface area contributed by atoms with Crippen LogP contribution < -0.4 is 16.3 Å². The van der Waals surface area contributed by atoms with Crippen LogP contribution in [0.4, 0.5) is 14.6 Å². The summed E-state index contributed by atoms with van der Waals surface area (Å²) in [6, 6.07) is 3.57. The molecule has 1 aliphatic rings. The molecule has 3 aromatic rings. The van der Waals surface area contributed by atoms with Gasteiger partial charge in [0.1, 0.15) is 17.8 Å². The molecule has 0 bridgehead atoms. The topological polar surface area (TPSA) is 77.5 Å². The molecule has 7 nitrogen and oxygen atoms in total. The Labute approximate surface area is 140 Å². The highest BCUT2D eigenvalue weighted by molar-refractivity contribution is 5.75. The lowest BCUT2D eigenvalue weighted by atomic mass is 10.2. The number of anilines is 1. The molecular weight excluding hydrogens is 330 g/mol. The summed E-state index contributed by atoms with van der Waals surface area (Å²) in [7, 11) is 1.82. The summed E-state index contributed by atoms with van der Waals surface area (Å²) < 4.78 is 29.8. The molecular formula is C16H14F2N6O. The van der Waals surface area contributed by atoms with E-state index in [2.05, 4.69) is 20.7 Å². The van der Waals surface area contributed by atoms with Crippen LogP contribution in [-0.4, -0.2) is 32.6 Å². The van der Waals surface area contributed by atoms with Crippen LogP contribution in [0.5, 0.6) is 0 Å². The van der Waals surface area contributed by atoms with E-state index in [0.717, 1.165) is 12.1 Å². The van der Waals surface area contributed by atoms with Crippen LogP contribution in [0.1, 0.15) is 0 Å². The molecule has 25 heavy (non-hydrogen) atoms. The van der Waals surface area contributed by atoms with Crippen LogP contribution >= 0.6 is 0 Å². The second-order valence-corrected chi connectivity index (χ2v) is 5.59. The fraction of sp³-hybridized carbons (Fsp3) is 0.125. The Hall–Kier alpha value is -3.20. The van der Waals surface area contributed by atoms with Crippen molar-refractivity contribution in [3.8, 4) is 11.4 Å². The molecule has 0 saturated carbocycles. The summed E-state index contributed by atoms with van der Waals surface area (Å²) in [6.45, 7) is 0. The number of hydrazine groups is 1. The third kappa shape index (κ3) is 2.54. The molecule has 4 rings (SSSR count). The first kappa shape index (κ1) is 15.3. The largest absolute Gasteiger partial charge is 0.348 e. The third-order valence-corrected chi connectivity index (χ3v) is 3.89. The van der Waals surface area contributed by atoms with Gasteiger partial charge in [-0.25, -0.2) is 19.2 Å². The van der Waals surface area contributed by atoms with Gasteiger partial charge >= 0.3 is 0 Å². The molecule has 1 atom stereocenters. The van der Waals surface area contributed by atoms with E-state index in [1.165, 1.54) is 22.9 Å². The molecule has 3 heterocycles. The molecule has 0 radical (unpaired) electrons. The number of benzene rings is 1. The Morgan fingerprint density at radius 3 is 2.72 bits per heavy atom. The smallest absolute Gasteiger partial charge is 0.276 e. The lowest BCUT2D eigenvalue weighted by molar-refractivity contribution is 0.342. The molecule has 128 valence electrons. The number of H-pyrrole nitrogens is 1. The summed E-state index contributed by atoms with van der Waals surface area (Å²) >= 11 is 0. The quantitative estimate of drug-likeness (QED) is 0.674. The summed E-state index contributed by atoms with van der Waals surface area (Å²) in [5.74, 6) is -1.28. The first-order chi connectivity index (χ1) is 12.0. The fourth-order valence-electron chi connectivity index (χ4n) is 2.79. The SMILES string of the molecule is CN1C=CC(Nc2nc(-c3c(F)cccc3F)n3cc[nH]c(=O)c23)N1. The number of fused-ring (bicyclic) bond motifs is 1. The third-order valence-electron chi connectivity index (χ3n) is 3.89. The van der Waals surface area contributed by atoms with E-state index in [4.69, 9.17) is 0 Å². The molecule has 1 aromatic carbocycles. The highest BCUT2D eigenvalue weighted by Crippen LogP contribution is 2.28. The van der Waals surface area contributed by atoms with Gasteiger partial charge in [0.05, 0.1) is 5.56 Å². The van der Waals surface area contributed by atoms with E-state index < -0.39 is 17.2 Å². The summed E-state index contributed by atoms with van der Waals surface area (Å²) in [5, 5.41) is 4.78.